The van der Waals surface area contributed by atoms with Crippen molar-refractivity contribution in [3.8, 4) is 11.7 Å². The van der Waals surface area contributed by atoms with Gasteiger partial charge in [-0.1, -0.05) is 0 Å². The Morgan fingerprint density at radius 1 is 1.08 bits per heavy atom. The van der Waals surface area contributed by atoms with Crippen LogP contribution in [0.2, 0.25) is 0 Å². The fourth-order valence-electron chi connectivity index (χ4n) is 1.07. The first-order valence-corrected chi connectivity index (χ1v) is 4.04. The molecule has 0 radical (unpaired) electrons. The summed E-state index contributed by atoms with van der Waals surface area (Å²) in [6.45, 7) is 5.63. The molecule has 0 spiro atoms. The Hall–Kier alpha value is -1.58. The van der Waals surface area contributed by atoms with E-state index in [2.05, 4.69) is 10.2 Å². The lowest BCUT2D eigenvalue weighted by atomic mass is 10.3. The maximum Gasteiger partial charge on any atom is 0.283 e. The second-order valence-electron chi connectivity index (χ2n) is 2.98. The Labute approximate surface area is 75.6 Å². The van der Waals surface area contributed by atoms with Crippen LogP contribution in [0.3, 0.4) is 0 Å². The zero-order valence-corrected chi connectivity index (χ0v) is 7.79. The Morgan fingerprint density at radius 3 is 2.31 bits per heavy atom. The first-order chi connectivity index (χ1) is 6.16. The summed E-state index contributed by atoms with van der Waals surface area (Å²) in [6, 6.07) is 1.89. The molecule has 0 saturated carbocycles. The molecule has 2 aromatic rings. The molecule has 4 heteroatoms. The van der Waals surface area contributed by atoms with Crippen molar-refractivity contribution in [1.82, 2.24) is 10.2 Å². The van der Waals surface area contributed by atoms with Crippen LogP contribution in [0.5, 0.6) is 0 Å². The summed E-state index contributed by atoms with van der Waals surface area (Å²) in [5.74, 6) is 2.50. The molecule has 13 heavy (non-hydrogen) atoms. The maximum absolute atomic E-state index is 5.42. The predicted molar refractivity (Wildman–Crippen MR) is 46.2 cm³/mol. The van der Waals surface area contributed by atoms with Crippen molar-refractivity contribution in [2.45, 2.75) is 20.8 Å². The first kappa shape index (κ1) is 8.04. The van der Waals surface area contributed by atoms with Crippen molar-refractivity contribution in [3.63, 3.8) is 0 Å². The quantitative estimate of drug-likeness (QED) is 0.672. The summed E-state index contributed by atoms with van der Waals surface area (Å²) in [5, 5.41) is 7.59. The molecule has 0 aliphatic carbocycles. The lowest BCUT2D eigenvalue weighted by molar-refractivity contribution is 0.485. The Kier molecular flexibility index (Phi) is 1.69. The van der Waals surface area contributed by atoms with E-state index in [1.807, 2.05) is 19.9 Å². The van der Waals surface area contributed by atoms with Gasteiger partial charge in [-0.2, -0.15) is 0 Å². The molecular weight excluding hydrogens is 168 g/mol. The molecule has 0 unspecified atom stereocenters. The average Bonchev–Trinajstić information content (AvgIpc) is 2.61. The third-order valence-corrected chi connectivity index (χ3v) is 1.90. The van der Waals surface area contributed by atoms with Crippen molar-refractivity contribution >= 4 is 0 Å². The van der Waals surface area contributed by atoms with Gasteiger partial charge < -0.3 is 8.83 Å². The third-order valence-electron chi connectivity index (χ3n) is 1.90. The molecule has 0 aliphatic heterocycles. The summed E-state index contributed by atoms with van der Waals surface area (Å²) in [4.78, 5) is 0. The molecule has 4 nitrogen and oxygen atoms in total. The van der Waals surface area contributed by atoms with Crippen LogP contribution in [0.15, 0.2) is 14.9 Å². The van der Waals surface area contributed by atoms with Crippen LogP contribution < -0.4 is 0 Å². The van der Waals surface area contributed by atoms with E-state index in [4.69, 9.17) is 8.83 Å². The fraction of sp³-hybridized carbons (Fsp3) is 0.333. The molecule has 0 aliphatic rings. The van der Waals surface area contributed by atoms with Gasteiger partial charge in [0.15, 0.2) is 5.76 Å². The predicted octanol–water partition coefficient (Wildman–Crippen LogP) is 2.25. The van der Waals surface area contributed by atoms with E-state index in [0.29, 0.717) is 17.5 Å². The average molecular weight is 178 g/mol. The van der Waals surface area contributed by atoms with Crippen LogP contribution in [0.1, 0.15) is 17.2 Å². The fourth-order valence-corrected chi connectivity index (χ4v) is 1.07. The number of aryl methyl sites for hydroxylation is 3. The van der Waals surface area contributed by atoms with Crippen molar-refractivity contribution < 1.29 is 8.83 Å². The van der Waals surface area contributed by atoms with Crippen LogP contribution in [0.4, 0.5) is 0 Å². The van der Waals surface area contributed by atoms with Gasteiger partial charge in [-0.05, 0) is 25.5 Å². The van der Waals surface area contributed by atoms with Gasteiger partial charge in [0, 0.05) is 6.92 Å². The van der Waals surface area contributed by atoms with E-state index in [-0.39, 0.29) is 0 Å². The monoisotopic (exact) mass is 178 g/mol. The minimum absolute atomic E-state index is 0.439. The lowest BCUT2D eigenvalue weighted by Gasteiger charge is -1.85. The maximum atomic E-state index is 5.42. The SMILES string of the molecule is Cc1nnc(-c2cc(C)c(C)o2)o1. The third kappa shape index (κ3) is 1.35. The molecule has 0 fully saturated rings. The highest BCUT2D eigenvalue weighted by Crippen LogP contribution is 2.23. The highest BCUT2D eigenvalue weighted by Gasteiger charge is 2.11. The molecule has 2 heterocycles. The van der Waals surface area contributed by atoms with Gasteiger partial charge in [0.1, 0.15) is 5.76 Å². The summed E-state index contributed by atoms with van der Waals surface area (Å²) < 4.78 is 10.6. The van der Waals surface area contributed by atoms with Gasteiger partial charge >= 0.3 is 0 Å². The van der Waals surface area contributed by atoms with E-state index >= 15 is 0 Å². The molecule has 68 valence electrons. The number of furan rings is 1. The van der Waals surface area contributed by atoms with Crippen molar-refractivity contribution in [1.29, 1.82) is 0 Å². The number of hydrogen-bond donors (Lipinski definition) is 0. The Balaban J connectivity index is 2.46. The lowest BCUT2D eigenvalue weighted by Crippen LogP contribution is -1.72. The van der Waals surface area contributed by atoms with Gasteiger partial charge in [-0.25, -0.2) is 0 Å². The van der Waals surface area contributed by atoms with Gasteiger partial charge in [0.2, 0.25) is 5.89 Å². The van der Waals surface area contributed by atoms with Crippen molar-refractivity contribution in [3.05, 3.63) is 23.3 Å². The standard InChI is InChI=1S/C9H10N2O2/c1-5-4-8(12-6(5)2)9-11-10-7(3)13-9/h4H,1-3H3. The van der Waals surface area contributed by atoms with E-state index < -0.39 is 0 Å². The van der Waals surface area contributed by atoms with E-state index in [1.54, 1.807) is 6.92 Å². The summed E-state index contributed by atoms with van der Waals surface area (Å²) in [5.41, 5.74) is 1.09. The van der Waals surface area contributed by atoms with Gasteiger partial charge in [0.25, 0.3) is 5.89 Å². The summed E-state index contributed by atoms with van der Waals surface area (Å²) in [6.07, 6.45) is 0. The molecule has 0 N–H and O–H groups in total. The Bertz CT molecular complexity index is 409. The molecule has 0 amide bonds. The first-order valence-electron chi connectivity index (χ1n) is 4.04. The minimum Gasteiger partial charge on any atom is -0.456 e. The summed E-state index contributed by atoms with van der Waals surface area (Å²) >= 11 is 0. The van der Waals surface area contributed by atoms with Crippen molar-refractivity contribution in [2.75, 3.05) is 0 Å². The number of aromatic nitrogens is 2. The second-order valence-corrected chi connectivity index (χ2v) is 2.98. The zero-order valence-electron chi connectivity index (χ0n) is 7.79. The van der Waals surface area contributed by atoms with Gasteiger partial charge in [0.05, 0.1) is 0 Å². The zero-order chi connectivity index (χ0) is 9.42. The molecule has 2 aromatic heterocycles. The number of nitrogens with zero attached hydrogens (tertiary/aromatic N) is 2. The largest absolute Gasteiger partial charge is 0.456 e. The molecule has 2 rings (SSSR count). The molecular formula is C9H10N2O2. The van der Waals surface area contributed by atoms with E-state index in [9.17, 15) is 0 Å². The van der Waals surface area contributed by atoms with E-state index in [0.717, 1.165) is 11.3 Å². The highest BCUT2D eigenvalue weighted by molar-refractivity contribution is 5.46. The summed E-state index contributed by atoms with van der Waals surface area (Å²) in [7, 11) is 0. The molecule has 0 atom stereocenters. The van der Waals surface area contributed by atoms with E-state index in [1.165, 1.54) is 0 Å². The van der Waals surface area contributed by atoms with Crippen molar-refractivity contribution in [2.24, 2.45) is 0 Å². The smallest absolute Gasteiger partial charge is 0.283 e. The normalized spacial score (nSPS) is 10.7. The molecule has 0 saturated heterocycles. The van der Waals surface area contributed by atoms with Gasteiger partial charge in [-0.3, -0.25) is 0 Å². The van der Waals surface area contributed by atoms with Crippen LogP contribution in [-0.2, 0) is 0 Å². The van der Waals surface area contributed by atoms with Crippen LogP contribution in [0.25, 0.3) is 11.7 Å². The second kappa shape index (κ2) is 2.73. The minimum atomic E-state index is 0.439. The highest BCUT2D eigenvalue weighted by atomic mass is 16.4. The molecule has 0 aromatic carbocycles. The van der Waals surface area contributed by atoms with Crippen LogP contribution >= 0.6 is 0 Å². The number of rotatable bonds is 1. The van der Waals surface area contributed by atoms with Gasteiger partial charge in [-0.15, -0.1) is 10.2 Å². The topological polar surface area (TPSA) is 52.1 Å². The molecule has 0 bridgehead atoms. The number of hydrogen-bond acceptors (Lipinski definition) is 4. The van der Waals surface area contributed by atoms with Crippen LogP contribution in [-0.4, -0.2) is 10.2 Å². The Morgan fingerprint density at radius 2 is 1.85 bits per heavy atom. The van der Waals surface area contributed by atoms with Crippen LogP contribution in [0, 0.1) is 20.8 Å².